The van der Waals surface area contributed by atoms with Crippen molar-refractivity contribution >= 4 is 40.7 Å². The minimum absolute atomic E-state index is 0.292. The second kappa shape index (κ2) is 7.28. The standard InChI is InChI=1S/C15H15NO3S2/c1-10-6-7-13(21-10)15(18)19-9-14(17)16-11-4-3-5-12(8-11)20-2/h3-8H,9H2,1-2H3,(H,16,17). The number of esters is 1. The van der Waals surface area contributed by atoms with Crippen LogP contribution in [0.3, 0.4) is 0 Å². The van der Waals surface area contributed by atoms with Crippen molar-refractivity contribution in [3.8, 4) is 0 Å². The van der Waals surface area contributed by atoms with Crippen LogP contribution in [0.2, 0.25) is 0 Å². The summed E-state index contributed by atoms with van der Waals surface area (Å²) in [5.74, 6) is -0.823. The lowest BCUT2D eigenvalue weighted by molar-refractivity contribution is -0.119. The summed E-state index contributed by atoms with van der Waals surface area (Å²) >= 11 is 2.94. The molecule has 0 atom stereocenters. The fourth-order valence-corrected chi connectivity index (χ4v) is 2.87. The Morgan fingerprint density at radius 3 is 2.76 bits per heavy atom. The van der Waals surface area contributed by atoms with Gasteiger partial charge in [-0.1, -0.05) is 6.07 Å². The number of aryl methyl sites for hydroxylation is 1. The second-order valence-corrected chi connectivity index (χ2v) is 6.43. The van der Waals surface area contributed by atoms with Gasteiger partial charge in [0.2, 0.25) is 0 Å². The lowest BCUT2D eigenvalue weighted by Gasteiger charge is -2.07. The molecule has 21 heavy (non-hydrogen) atoms. The fraction of sp³-hybridized carbons (Fsp3) is 0.200. The van der Waals surface area contributed by atoms with Crippen molar-refractivity contribution in [2.24, 2.45) is 0 Å². The van der Waals surface area contributed by atoms with Crippen molar-refractivity contribution in [2.75, 3.05) is 18.2 Å². The molecular weight excluding hydrogens is 306 g/mol. The Morgan fingerprint density at radius 1 is 1.29 bits per heavy atom. The van der Waals surface area contributed by atoms with E-state index in [4.69, 9.17) is 4.74 Å². The van der Waals surface area contributed by atoms with Crippen LogP contribution < -0.4 is 5.32 Å². The van der Waals surface area contributed by atoms with Crippen LogP contribution in [0.25, 0.3) is 0 Å². The van der Waals surface area contributed by atoms with Crippen molar-refractivity contribution in [3.63, 3.8) is 0 Å². The van der Waals surface area contributed by atoms with E-state index >= 15 is 0 Å². The maximum Gasteiger partial charge on any atom is 0.348 e. The average molecular weight is 321 g/mol. The number of benzene rings is 1. The molecule has 6 heteroatoms. The molecule has 1 N–H and O–H groups in total. The third-order valence-electron chi connectivity index (χ3n) is 2.63. The smallest absolute Gasteiger partial charge is 0.348 e. The topological polar surface area (TPSA) is 55.4 Å². The Balaban J connectivity index is 1.85. The van der Waals surface area contributed by atoms with E-state index in [0.29, 0.717) is 10.6 Å². The summed E-state index contributed by atoms with van der Waals surface area (Å²) in [6.45, 7) is 1.62. The molecule has 1 aromatic carbocycles. The van der Waals surface area contributed by atoms with Gasteiger partial charge >= 0.3 is 5.97 Å². The molecule has 1 amide bonds. The van der Waals surface area contributed by atoms with Crippen molar-refractivity contribution in [2.45, 2.75) is 11.8 Å². The van der Waals surface area contributed by atoms with E-state index in [1.54, 1.807) is 23.9 Å². The Hall–Kier alpha value is -1.79. The van der Waals surface area contributed by atoms with E-state index in [1.807, 2.05) is 37.4 Å². The van der Waals surface area contributed by atoms with Gasteiger partial charge in [-0.3, -0.25) is 4.79 Å². The van der Waals surface area contributed by atoms with Crippen LogP contribution in [0, 0.1) is 6.92 Å². The zero-order valence-electron chi connectivity index (χ0n) is 11.7. The summed E-state index contributed by atoms with van der Waals surface area (Å²) in [4.78, 5) is 26.1. The van der Waals surface area contributed by atoms with Gasteiger partial charge in [-0.15, -0.1) is 23.1 Å². The average Bonchev–Trinajstić information content (AvgIpc) is 2.91. The molecule has 0 radical (unpaired) electrons. The summed E-state index contributed by atoms with van der Waals surface area (Å²) < 4.78 is 4.99. The van der Waals surface area contributed by atoms with Gasteiger partial charge in [0, 0.05) is 15.5 Å². The van der Waals surface area contributed by atoms with Gasteiger partial charge in [0.25, 0.3) is 5.91 Å². The van der Waals surface area contributed by atoms with E-state index in [-0.39, 0.29) is 12.5 Å². The first kappa shape index (κ1) is 15.6. The van der Waals surface area contributed by atoms with Gasteiger partial charge in [-0.2, -0.15) is 0 Å². The molecule has 0 aliphatic carbocycles. The number of rotatable bonds is 5. The number of thiophene rings is 1. The number of ether oxygens (including phenoxy) is 1. The Morgan fingerprint density at radius 2 is 2.10 bits per heavy atom. The van der Waals surface area contributed by atoms with Crippen LogP contribution in [-0.2, 0) is 9.53 Å². The van der Waals surface area contributed by atoms with Gasteiger partial charge in [-0.25, -0.2) is 4.79 Å². The van der Waals surface area contributed by atoms with Crippen molar-refractivity contribution in [1.29, 1.82) is 0 Å². The molecular formula is C15H15NO3S2. The molecule has 0 aliphatic heterocycles. The summed E-state index contributed by atoms with van der Waals surface area (Å²) in [5.41, 5.74) is 0.690. The predicted octanol–water partition coefficient (Wildman–Crippen LogP) is 3.57. The Labute approximate surface area is 131 Å². The van der Waals surface area contributed by atoms with Gasteiger partial charge in [0.15, 0.2) is 6.61 Å². The number of carbonyl (C=O) groups excluding carboxylic acids is 2. The maximum atomic E-state index is 11.8. The molecule has 1 heterocycles. The van der Waals surface area contributed by atoms with E-state index in [2.05, 4.69) is 5.32 Å². The quantitative estimate of drug-likeness (QED) is 0.675. The number of anilines is 1. The van der Waals surface area contributed by atoms with Crippen LogP contribution in [0.4, 0.5) is 5.69 Å². The summed E-state index contributed by atoms with van der Waals surface area (Å²) in [7, 11) is 0. The molecule has 0 fully saturated rings. The maximum absolute atomic E-state index is 11.8. The highest BCUT2D eigenvalue weighted by molar-refractivity contribution is 7.98. The molecule has 0 aliphatic rings. The summed E-state index contributed by atoms with van der Waals surface area (Å²) in [5, 5.41) is 2.70. The molecule has 0 bridgehead atoms. The molecule has 0 saturated heterocycles. The summed E-state index contributed by atoms with van der Waals surface area (Å²) in [6.07, 6.45) is 1.96. The first-order chi connectivity index (χ1) is 10.1. The van der Waals surface area contributed by atoms with Gasteiger partial charge in [-0.05, 0) is 43.5 Å². The molecule has 0 saturated carbocycles. The van der Waals surface area contributed by atoms with Crippen LogP contribution in [0.5, 0.6) is 0 Å². The number of hydrogen-bond acceptors (Lipinski definition) is 5. The lowest BCUT2D eigenvalue weighted by atomic mass is 10.3. The normalized spacial score (nSPS) is 10.2. The highest BCUT2D eigenvalue weighted by atomic mass is 32.2. The number of nitrogens with one attached hydrogen (secondary N) is 1. The molecule has 1 aromatic heterocycles. The van der Waals surface area contributed by atoms with Crippen molar-refractivity contribution < 1.29 is 14.3 Å². The number of hydrogen-bond donors (Lipinski definition) is 1. The Bertz CT molecular complexity index is 652. The monoisotopic (exact) mass is 321 g/mol. The molecule has 2 aromatic rings. The van der Waals surface area contributed by atoms with E-state index in [0.717, 1.165) is 9.77 Å². The number of thioether (sulfide) groups is 1. The third-order valence-corrected chi connectivity index (χ3v) is 4.34. The highest BCUT2D eigenvalue weighted by Gasteiger charge is 2.12. The van der Waals surface area contributed by atoms with Crippen molar-refractivity contribution in [3.05, 3.63) is 46.2 Å². The van der Waals surface area contributed by atoms with Gasteiger partial charge in [0.05, 0.1) is 0 Å². The SMILES string of the molecule is CSc1cccc(NC(=O)COC(=O)c2ccc(C)s2)c1. The lowest BCUT2D eigenvalue weighted by Crippen LogP contribution is -2.20. The fourth-order valence-electron chi connectivity index (χ4n) is 1.64. The highest BCUT2D eigenvalue weighted by Crippen LogP contribution is 2.19. The van der Waals surface area contributed by atoms with Gasteiger partial charge < -0.3 is 10.1 Å². The number of amides is 1. The molecule has 4 nitrogen and oxygen atoms in total. The molecule has 0 unspecified atom stereocenters. The Kier molecular flexibility index (Phi) is 5.41. The zero-order chi connectivity index (χ0) is 15.2. The van der Waals surface area contributed by atoms with Crippen molar-refractivity contribution in [1.82, 2.24) is 0 Å². The second-order valence-electron chi connectivity index (χ2n) is 4.27. The molecule has 110 valence electrons. The van der Waals surface area contributed by atoms with E-state index < -0.39 is 5.97 Å². The number of carbonyl (C=O) groups is 2. The third kappa shape index (κ3) is 4.61. The van der Waals surface area contributed by atoms with E-state index in [9.17, 15) is 9.59 Å². The first-order valence-electron chi connectivity index (χ1n) is 6.26. The van der Waals surface area contributed by atoms with Crippen LogP contribution in [-0.4, -0.2) is 24.7 Å². The first-order valence-corrected chi connectivity index (χ1v) is 8.30. The van der Waals surface area contributed by atoms with Crippen LogP contribution in [0.15, 0.2) is 41.3 Å². The minimum atomic E-state index is -0.471. The minimum Gasteiger partial charge on any atom is -0.451 e. The van der Waals surface area contributed by atoms with Gasteiger partial charge in [0.1, 0.15) is 4.88 Å². The van der Waals surface area contributed by atoms with E-state index in [1.165, 1.54) is 11.3 Å². The van der Waals surface area contributed by atoms with Crippen LogP contribution in [0.1, 0.15) is 14.5 Å². The zero-order valence-corrected chi connectivity index (χ0v) is 13.3. The molecule has 2 rings (SSSR count). The largest absolute Gasteiger partial charge is 0.451 e. The molecule has 0 spiro atoms. The summed E-state index contributed by atoms with van der Waals surface area (Å²) in [6, 6.07) is 11.0. The van der Waals surface area contributed by atoms with Crippen LogP contribution >= 0.6 is 23.1 Å². The predicted molar refractivity (Wildman–Crippen MR) is 86.2 cm³/mol.